The highest BCUT2D eigenvalue weighted by Crippen LogP contribution is 2.49. The van der Waals surface area contributed by atoms with E-state index in [1.807, 2.05) is 30.3 Å². The van der Waals surface area contributed by atoms with Crippen LogP contribution in [0, 0.1) is 0 Å². The fourth-order valence-electron chi connectivity index (χ4n) is 5.29. The molecule has 0 saturated carbocycles. The Hall–Kier alpha value is -3.34. The van der Waals surface area contributed by atoms with E-state index in [1.165, 1.54) is 12.7 Å². The standard InChI is InChI=1S/C26H26N2O3/c1-27-21-15-9-8-14-20(21)23(24(27)17-10-4-3-5-11-17)25-18-12-6-7-13-19(18)26(30)28(25)16-22(29)31-2/h3-5,8-11,14-15,25H,6-7,12-13,16H2,1-2H3. The number of esters is 1. The molecule has 1 amide bonds. The summed E-state index contributed by atoms with van der Waals surface area (Å²) in [6, 6.07) is 18.4. The van der Waals surface area contributed by atoms with Gasteiger partial charge in [-0.05, 0) is 42.9 Å². The lowest BCUT2D eigenvalue weighted by Gasteiger charge is -2.28. The predicted octanol–water partition coefficient (Wildman–Crippen LogP) is 4.77. The molecular formula is C26H26N2O3. The largest absolute Gasteiger partial charge is 0.468 e. The molecule has 1 aliphatic heterocycles. The number of amides is 1. The molecule has 1 atom stereocenters. The molecule has 1 unspecified atom stereocenters. The number of hydrogen-bond donors (Lipinski definition) is 0. The average molecular weight is 415 g/mol. The third-order valence-electron chi connectivity index (χ3n) is 6.67. The number of carbonyl (C=O) groups is 2. The summed E-state index contributed by atoms with van der Waals surface area (Å²) in [5.41, 5.74) is 6.49. The van der Waals surface area contributed by atoms with Crippen molar-refractivity contribution in [1.29, 1.82) is 0 Å². The Bertz CT molecular complexity index is 1210. The Morgan fingerprint density at radius 1 is 1.03 bits per heavy atom. The number of hydrogen-bond acceptors (Lipinski definition) is 3. The molecule has 5 rings (SSSR count). The fraction of sp³-hybridized carbons (Fsp3) is 0.308. The summed E-state index contributed by atoms with van der Waals surface area (Å²) in [5, 5.41) is 1.12. The normalized spacial score (nSPS) is 18.6. The summed E-state index contributed by atoms with van der Waals surface area (Å²) in [4.78, 5) is 27.4. The molecule has 2 aromatic carbocycles. The highest BCUT2D eigenvalue weighted by atomic mass is 16.5. The zero-order valence-corrected chi connectivity index (χ0v) is 17.9. The van der Waals surface area contributed by atoms with Gasteiger partial charge in [0.15, 0.2) is 0 Å². The number of nitrogens with zero attached hydrogens (tertiary/aromatic N) is 2. The van der Waals surface area contributed by atoms with E-state index in [2.05, 4.69) is 35.9 Å². The van der Waals surface area contributed by atoms with Gasteiger partial charge in [-0.1, -0.05) is 48.5 Å². The molecule has 2 heterocycles. The van der Waals surface area contributed by atoms with Gasteiger partial charge < -0.3 is 14.2 Å². The topological polar surface area (TPSA) is 51.5 Å². The first-order valence-corrected chi connectivity index (χ1v) is 10.8. The van der Waals surface area contributed by atoms with Gasteiger partial charge in [-0.15, -0.1) is 0 Å². The lowest BCUT2D eigenvalue weighted by molar-refractivity contribution is -0.146. The third-order valence-corrected chi connectivity index (χ3v) is 6.67. The van der Waals surface area contributed by atoms with Crippen molar-refractivity contribution in [1.82, 2.24) is 9.47 Å². The minimum absolute atomic E-state index is 0.0166. The number of para-hydroxylation sites is 1. The minimum atomic E-state index is -0.389. The molecule has 2 aliphatic rings. The maximum absolute atomic E-state index is 13.4. The van der Waals surface area contributed by atoms with Crippen LogP contribution in [0.1, 0.15) is 37.3 Å². The molecule has 3 aromatic rings. The molecule has 0 fully saturated rings. The van der Waals surface area contributed by atoms with Gasteiger partial charge in [-0.2, -0.15) is 0 Å². The Labute approximate surface area is 181 Å². The molecule has 0 bridgehead atoms. The Morgan fingerprint density at radius 2 is 1.74 bits per heavy atom. The van der Waals surface area contributed by atoms with E-state index in [-0.39, 0.29) is 24.5 Å². The van der Waals surface area contributed by atoms with Crippen LogP contribution in [0.5, 0.6) is 0 Å². The summed E-state index contributed by atoms with van der Waals surface area (Å²) in [6.45, 7) is -0.0373. The van der Waals surface area contributed by atoms with E-state index in [9.17, 15) is 9.59 Å². The molecule has 1 aromatic heterocycles. The Balaban J connectivity index is 1.79. The number of aryl methyl sites for hydroxylation is 1. The molecule has 0 saturated heterocycles. The highest BCUT2D eigenvalue weighted by Gasteiger charge is 2.43. The molecule has 5 nitrogen and oxygen atoms in total. The van der Waals surface area contributed by atoms with Crippen molar-refractivity contribution in [2.45, 2.75) is 31.7 Å². The molecule has 0 spiro atoms. The summed E-state index contributed by atoms with van der Waals surface area (Å²) < 4.78 is 7.16. The van der Waals surface area contributed by atoms with E-state index in [0.717, 1.165) is 59.0 Å². The van der Waals surface area contributed by atoms with Crippen molar-refractivity contribution in [2.24, 2.45) is 7.05 Å². The van der Waals surface area contributed by atoms with Crippen LogP contribution in [0.15, 0.2) is 65.7 Å². The zero-order valence-electron chi connectivity index (χ0n) is 17.9. The Kier molecular flexibility index (Phi) is 4.89. The van der Waals surface area contributed by atoms with E-state index in [0.29, 0.717) is 0 Å². The van der Waals surface area contributed by atoms with Gasteiger partial charge in [0.1, 0.15) is 6.54 Å². The average Bonchev–Trinajstić information content (AvgIpc) is 3.25. The lowest BCUT2D eigenvalue weighted by atomic mass is 9.86. The number of benzene rings is 2. The van der Waals surface area contributed by atoms with Crippen LogP contribution in [0.2, 0.25) is 0 Å². The van der Waals surface area contributed by atoms with Crippen LogP contribution in [0.3, 0.4) is 0 Å². The molecule has 31 heavy (non-hydrogen) atoms. The van der Waals surface area contributed by atoms with Gasteiger partial charge in [0.2, 0.25) is 0 Å². The fourth-order valence-corrected chi connectivity index (χ4v) is 5.29. The Morgan fingerprint density at radius 3 is 2.52 bits per heavy atom. The molecule has 0 radical (unpaired) electrons. The molecule has 1 aliphatic carbocycles. The second-order valence-corrected chi connectivity index (χ2v) is 8.33. The molecule has 5 heteroatoms. The predicted molar refractivity (Wildman–Crippen MR) is 120 cm³/mol. The summed E-state index contributed by atoms with van der Waals surface area (Å²) in [7, 11) is 3.45. The number of ether oxygens (including phenoxy) is 1. The van der Waals surface area contributed by atoms with Crippen LogP contribution < -0.4 is 0 Å². The minimum Gasteiger partial charge on any atom is -0.468 e. The maximum Gasteiger partial charge on any atom is 0.325 e. The number of fused-ring (bicyclic) bond motifs is 1. The van der Waals surface area contributed by atoms with E-state index in [4.69, 9.17) is 4.74 Å². The maximum atomic E-state index is 13.4. The van der Waals surface area contributed by atoms with Gasteiger partial charge in [0.25, 0.3) is 5.91 Å². The molecule has 158 valence electrons. The monoisotopic (exact) mass is 414 g/mol. The third kappa shape index (κ3) is 3.07. The van der Waals surface area contributed by atoms with E-state index >= 15 is 0 Å². The van der Waals surface area contributed by atoms with Crippen LogP contribution in [-0.4, -0.2) is 35.0 Å². The number of aromatic nitrogens is 1. The van der Waals surface area contributed by atoms with Crippen molar-refractivity contribution < 1.29 is 14.3 Å². The summed E-state index contributed by atoms with van der Waals surface area (Å²) >= 11 is 0. The van der Waals surface area contributed by atoms with Gasteiger partial charge in [0, 0.05) is 29.1 Å². The molecular weight excluding hydrogens is 388 g/mol. The number of carbonyl (C=O) groups excluding carboxylic acids is 2. The van der Waals surface area contributed by atoms with Crippen LogP contribution >= 0.6 is 0 Å². The highest BCUT2D eigenvalue weighted by molar-refractivity contribution is 6.02. The van der Waals surface area contributed by atoms with Crippen molar-refractivity contribution >= 4 is 22.8 Å². The quantitative estimate of drug-likeness (QED) is 0.578. The van der Waals surface area contributed by atoms with Crippen LogP contribution in [0.4, 0.5) is 0 Å². The summed E-state index contributed by atoms with van der Waals surface area (Å²) in [6.07, 6.45) is 3.76. The van der Waals surface area contributed by atoms with Crippen molar-refractivity contribution in [3.05, 3.63) is 71.3 Å². The van der Waals surface area contributed by atoms with Gasteiger partial charge in [0.05, 0.1) is 18.8 Å². The zero-order chi connectivity index (χ0) is 21.5. The van der Waals surface area contributed by atoms with Crippen molar-refractivity contribution in [3.8, 4) is 11.3 Å². The smallest absolute Gasteiger partial charge is 0.325 e. The first-order chi connectivity index (χ1) is 15.1. The van der Waals surface area contributed by atoms with Gasteiger partial charge >= 0.3 is 5.97 Å². The SMILES string of the molecule is COC(=O)CN1C(=O)C2=C(CCCC2)C1c1c(-c2ccccc2)n(C)c2ccccc12. The van der Waals surface area contributed by atoms with Crippen LogP contribution in [0.25, 0.3) is 22.2 Å². The van der Waals surface area contributed by atoms with Crippen molar-refractivity contribution in [2.75, 3.05) is 13.7 Å². The summed E-state index contributed by atoms with van der Waals surface area (Å²) in [5.74, 6) is -0.406. The lowest BCUT2D eigenvalue weighted by Crippen LogP contribution is -2.35. The number of rotatable bonds is 4. The van der Waals surface area contributed by atoms with Crippen molar-refractivity contribution in [3.63, 3.8) is 0 Å². The first-order valence-electron chi connectivity index (χ1n) is 10.8. The van der Waals surface area contributed by atoms with Gasteiger partial charge in [-0.25, -0.2) is 0 Å². The second-order valence-electron chi connectivity index (χ2n) is 8.33. The van der Waals surface area contributed by atoms with E-state index < -0.39 is 0 Å². The second kappa shape index (κ2) is 7.73. The molecule has 0 N–H and O–H groups in total. The number of methoxy groups -OCH3 is 1. The van der Waals surface area contributed by atoms with Gasteiger partial charge in [-0.3, -0.25) is 9.59 Å². The van der Waals surface area contributed by atoms with Crippen LogP contribution in [-0.2, 0) is 21.4 Å². The van der Waals surface area contributed by atoms with E-state index in [1.54, 1.807) is 4.90 Å². The first kappa shape index (κ1) is 19.6.